The zero-order valence-corrected chi connectivity index (χ0v) is 6.33. The van der Waals surface area contributed by atoms with E-state index in [2.05, 4.69) is 9.97 Å². The molecule has 0 aromatic carbocycles. The van der Waals surface area contributed by atoms with E-state index in [0.717, 1.165) is 0 Å². The van der Waals surface area contributed by atoms with Crippen molar-refractivity contribution in [3.05, 3.63) is 12.0 Å². The van der Waals surface area contributed by atoms with Crippen LogP contribution in [-0.4, -0.2) is 40.0 Å². The summed E-state index contributed by atoms with van der Waals surface area (Å²) in [5.74, 6) is -0.552. The molecule has 1 aromatic heterocycles. The molecule has 0 fully saturated rings. The van der Waals surface area contributed by atoms with Crippen molar-refractivity contribution in [2.24, 2.45) is 0 Å². The Kier molecular flexibility index (Phi) is 1.80. The van der Waals surface area contributed by atoms with E-state index < -0.39 is 0 Å². The van der Waals surface area contributed by atoms with Crippen molar-refractivity contribution in [1.82, 2.24) is 14.9 Å². The van der Waals surface area contributed by atoms with Gasteiger partial charge in [-0.3, -0.25) is 4.79 Å². The normalized spacial score (nSPS) is 9.64. The summed E-state index contributed by atoms with van der Waals surface area (Å²) in [5, 5.41) is 8.98. The van der Waals surface area contributed by atoms with Crippen LogP contribution in [0, 0.1) is 0 Å². The van der Waals surface area contributed by atoms with E-state index in [1.54, 1.807) is 14.1 Å². The fraction of sp³-hybridized carbons (Fsp3) is 0.333. The maximum atomic E-state index is 11.1. The molecular formula is C6H9N3O2. The SMILES string of the molecule is CN(C)C(=O)c1[nH]cnc1O. The highest BCUT2D eigenvalue weighted by Crippen LogP contribution is 2.10. The summed E-state index contributed by atoms with van der Waals surface area (Å²) in [4.78, 5) is 18.5. The first kappa shape index (κ1) is 7.59. The lowest BCUT2D eigenvalue weighted by Gasteiger charge is -2.07. The number of nitrogens with zero attached hydrogens (tertiary/aromatic N) is 2. The molecule has 0 saturated carbocycles. The number of aromatic hydroxyl groups is 1. The second-order valence-corrected chi connectivity index (χ2v) is 2.30. The topological polar surface area (TPSA) is 69.2 Å². The van der Waals surface area contributed by atoms with E-state index in [9.17, 15) is 4.79 Å². The summed E-state index contributed by atoms with van der Waals surface area (Å²) in [7, 11) is 3.20. The maximum absolute atomic E-state index is 11.1. The van der Waals surface area contributed by atoms with E-state index in [4.69, 9.17) is 5.11 Å². The molecule has 2 N–H and O–H groups in total. The van der Waals surface area contributed by atoms with E-state index in [1.165, 1.54) is 11.2 Å². The summed E-state index contributed by atoms with van der Waals surface area (Å²) in [6, 6.07) is 0. The number of rotatable bonds is 1. The molecule has 0 bridgehead atoms. The van der Waals surface area contributed by atoms with Crippen LogP contribution in [0.1, 0.15) is 10.5 Å². The molecule has 0 atom stereocenters. The highest BCUT2D eigenvalue weighted by Gasteiger charge is 2.14. The standard InChI is InChI=1S/C6H9N3O2/c1-9(2)6(11)4-5(10)8-3-7-4/h3,10H,1-2H3,(H,7,8). The van der Waals surface area contributed by atoms with Crippen LogP contribution in [0.3, 0.4) is 0 Å². The van der Waals surface area contributed by atoms with Gasteiger partial charge < -0.3 is 15.0 Å². The first-order chi connectivity index (χ1) is 5.13. The summed E-state index contributed by atoms with van der Waals surface area (Å²) >= 11 is 0. The van der Waals surface area contributed by atoms with Crippen molar-refractivity contribution in [3.63, 3.8) is 0 Å². The van der Waals surface area contributed by atoms with Gasteiger partial charge in [0.1, 0.15) is 0 Å². The average Bonchev–Trinajstić information content (AvgIpc) is 2.33. The van der Waals surface area contributed by atoms with Gasteiger partial charge in [-0.1, -0.05) is 0 Å². The Morgan fingerprint density at radius 1 is 1.73 bits per heavy atom. The van der Waals surface area contributed by atoms with Gasteiger partial charge in [0.25, 0.3) is 5.91 Å². The van der Waals surface area contributed by atoms with Crippen LogP contribution in [0.25, 0.3) is 0 Å². The second-order valence-electron chi connectivity index (χ2n) is 2.30. The number of H-pyrrole nitrogens is 1. The van der Waals surface area contributed by atoms with Crippen LogP contribution in [-0.2, 0) is 0 Å². The van der Waals surface area contributed by atoms with Gasteiger partial charge >= 0.3 is 0 Å². The lowest BCUT2D eigenvalue weighted by Crippen LogP contribution is -2.21. The fourth-order valence-corrected chi connectivity index (χ4v) is 0.668. The molecule has 0 radical (unpaired) electrons. The van der Waals surface area contributed by atoms with Gasteiger partial charge in [-0.15, -0.1) is 0 Å². The number of aromatic amines is 1. The first-order valence-corrected chi connectivity index (χ1v) is 3.07. The minimum absolute atomic E-state index is 0.120. The molecule has 1 aromatic rings. The van der Waals surface area contributed by atoms with Crippen molar-refractivity contribution in [2.45, 2.75) is 0 Å². The second kappa shape index (κ2) is 2.61. The van der Waals surface area contributed by atoms with Crippen LogP contribution in [0.2, 0.25) is 0 Å². The average molecular weight is 155 g/mol. The Labute approximate surface area is 63.7 Å². The Bertz CT molecular complexity index is 267. The van der Waals surface area contributed by atoms with Crippen LogP contribution >= 0.6 is 0 Å². The first-order valence-electron chi connectivity index (χ1n) is 3.07. The number of imidazole rings is 1. The van der Waals surface area contributed by atoms with Gasteiger partial charge in [-0.25, -0.2) is 4.98 Å². The fourth-order valence-electron chi connectivity index (χ4n) is 0.668. The number of aromatic nitrogens is 2. The van der Waals surface area contributed by atoms with Crippen molar-refractivity contribution in [2.75, 3.05) is 14.1 Å². The quantitative estimate of drug-likeness (QED) is 0.591. The Balaban J connectivity index is 2.93. The van der Waals surface area contributed by atoms with Crippen molar-refractivity contribution in [1.29, 1.82) is 0 Å². The molecule has 5 nitrogen and oxygen atoms in total. The summed E-state index contributed by atoms with van der Waals surface area (Å²) in [6.07, 6.45) is 1.27. The monoisotopic (exact) mass is 155 g/mol. The minimum atomic E-state index is -0.292. The zero-order chi connectivity index (χ0) is 8.43. The summed E-state index contributed by atoms with van der Waals surface area (Å²) in [6.45, 7) is 0. The van der Waals surface area contributed by atoms with Crippen molar-refractivity contribution < 1.29 is 9.90 Å². The zero-order valence-electron chi connectivity index (χ0n) is 6.33. The van der Waals surface area contributed by atoms with E-state index in [-0.39, 0.29) is 17.5 Å². The van der Waals surface area contributed by atoms with E-state index in [1.807, 2.05) is 0 Å². The molecule has 1 heterocycles. The Morgan fingerprint density at radius 2 is 2.36 bits per heavy atom. The molecule has 11 heavy (non-hydrogen) atoms. The molecule has 0 unspecified atom stereocenters. The molecule has 0 saturated heterocycles. The van der Waals surface area contributed by atoms with Gasteiger partial charge in [0, 0.05) is 14.1 Å². The molecule has 0 aliphatic heterocycles. The van der Waals surface area contributed by atoms with Crippen molar-refractivity contribution in [3.8, 4) is 5.88 Å². The number of nitrogens with one attached hydrogen (secondary N) is 1. The molecular weight excluding hydrogens is 146 g/mol. The molecule has 0 aliphatic carbocycles. The number of hydrogen-bond acceptors (Lipinski definition) is 3. The number of hydrogen-bond donors (Lipinski definition) is 2. The third kappa shape index (κ3) is 1.31. The molecule has 1 rings (SSSR count). The number of amides is 1. The predicted octanol–water partition coefficient (Wildman–Crippen LogP) is -0.183. The molecule has 5 heteroatoms. The number of carbonyl (C=O) groups excluding carboxylic acids is 1. The highest BCUT2D eigenvalue weighted by atomic mass is 16.3. The van der Waals surface area contributed by atoms with Crippen LogP contribution in [0.4, 0.5) is 0 Å². The van der Waals surface area contributed by atoms with Gasteiger partial charge in [-0.05, 0) is 0 Å². The molecule has 0 spiro atoms. The molecule has 1 amide bonds. The van der Waals surface area contributed by atoms with Crippen LogP contribution < -0.4 is 0 Å². The highest BCUT2D eigenvalue weighted by molar-refractivity contribution is 5.93. The van der Waals surface area contributed by atoms with Gasteiger partial charge in [0.05, 0.1) is 6.33 Å². The van der Waals surface area contributed by atoms with Gasteiger partial charge in [0.15, 0.2) is 5.69 Å². The van der Waals surface area contributed by atoms with Crippen molar-refractivity contribution >= 4 is 5.91 Å². The van der Waals surface area contributed by atoms with E-state index >= 15 is 0 Å². The summed E-state index contributed by atoms with van der Waals surface area (Å²) in [5.41, 5.74) is 0.120. The van der Waals surface area contributed by atoms with Crippen LogP contribution in [0.5, 0.6) is 5.88 Å². The minimum Gasteiger partial charge on any atom is -0.492 e. The third-order valence-electron chi connectivity index (χ3n) is 1.24. The maximum Gasteiger partial charge on any atom is 0.275 e. The Morgan fingerprint density at radius 3 is 2.73 bits per heavy atom. The lowest BCUT2D eigenvalue weighted by molar-refractivity contribution is 0.0819. The van der Waals surface area contributed by atoms with Gasteiger partial charge in [0.2, 0.25) is 5.88 Å². The summed E-state index contributed by atoms with van der Waals surface area (Å²) < 4.78 is 0. The van der Waals surface area contributed by atoms with Crippen LogP contribution in [0.15, 0.2) is 6.33 Å². The third-order valence-corrected chi connectivity index (χ3v) is 1.24. The lowest BCUT2D eigenvalue weighted by atomic mass is 10.4. The molecule has 0 aliphatic rings. The largest absolute Gasteiger partial charge is 0.492 e. The smallest absolute Gasteiger partial charge is 0.275 e. The van der Waals surface area contributed by atoms with Gasteiger partial charge in [-0.2, -0.15) is 0 Å². The Hall–Kier alpha value is -1.52. The van der Waals surface area contributed by atoms with E-state index in [0.29, 0.717) is 0 Å². The molecule has 60 valence electrons. The predicted molar refractivity (Wildman–Crippen MR) is 38.3 cm³/mol. The number of carbonyl (C=O) groups is 1.